The monoisotopic (exact) mass is 334 g/mol. The van der Waals surface area contributed by atoms with Crippen molar-refractivity contribution < 1.29 is 14.0 Å². The molecule has 0 aromatic heterocycles. The van der Waals surface area contributed by atoms with Crippen LogP contribution in [0.1, 0.15) is 48.5 Å². The highest BCUT2D eigenvalue weighted by atomic mass is 28.4. The standard InChI is InChI=1S/C16H38O3Si2/c1-14(2,3)20(8,9)18-13-16(7,12-17)19-21(10,11)15(4,5)6/h17H,12-13H2,1-11H3/t16-/m1/s1. The van der Waals surface area contributed by atoms with Crippen LogP contribution in [0.4, 0.5) is 0 Å². The Balaban J connectivity index is 5.00. The lowest BCUT2D eigenvalue weighted by Crippen LogP contribution is -2.54. The van der Waals surface area contributed by atoms with Crippen molar-refractivity contribution in [1.29, 1.82) is 0 Å². The topological polar surface area (TPSA) is 38.7 Å². The van der Waals surface area contributed by atoms with Gasteiger partial charge in [-0.1, -0.05) is 41.5 Å². The van der Waals surface area contributed by atoms with Gasteiger partial charge in [0.05, 0.1) is 18.8 Å². The third-order valence-electron chi connectivity index (χ3n) is 5.19. The van der Waals surface area contributed by atoms with Crippen LogP contribution in [-0.2, 0) is 8.85 Å². The Hall–Kier alpha value is 0.314. The van der Waals surface area contributed by atoms with Crippen molar-refractivity contribution >= 4 is 16.6 Å². The minimum absolute atomic E-state index is 0.00582. The first kappa shape index (κ1) is 21.3. The summed E-state index contributed by atoms with van der Waals surface area (Å²) in [4.78, 5) is 0. The van der Waals surface area contributed by atoms with Crippen molar-refractivity contribution in [3.8, 4) is 0 Å². The second-order valence-corrected chi connectivity index (χ2v) is 19.1. The molecule has 0 saturated heterocycles. The fourth-order valence-corrected chi connectivity index (χ4v) is 4.19. The molecule has 0 rings (SSSR count). The van der Waals surface area contributed by atoms with Gasteiger partial charge in [-0.3, -0.25) is 0 Å². The van der Waals surface area contributed by atoms with Gasteiger partial charge in [-0.05, 0) is 43.2 Å². The largest absolute Gasteiger partial charge is 0.414 e. The number of rotatable bonds is 6. The second kappa shape index (κ2) is 6.44. The molecule has 1 atom stereocenters. The minimum atomic E-state index is -1.93. The summed E-state index contributed by atoms with van der Waals surface area (Å²) in [7, 11) is -3.76. The Morgan fingerprint density at radius 2 is 1.14 bits per heavy atom. The molecule has 0 radical (unpaired) electrons. The summed E-state index contributed by atoms with van der Waals surface area (Å²) >= 11 is 0. The molecule has 0 saturated carbocycles. The summed E-state index contributed by atoms with van der Waals surface area (Å²) in [5.74, 6) is 0. The molecular formula is C16H38O3Si2. The van der Waals surface area contributed by atoms with Gasteiger partial charge < -0.3 is 14.0 Å². The SMILES string of the molecule is CC(C)(C)[Si](C)(C)OC[C@@](C)(CO)O[Si](C)(C)C(C)(C)C. The Bertz CT molecular complexity index is 340. The quantitative estimate of drug-likeness (QED) is 0.710. The molecule has 1 N–H and O–H groups in total. The van der Waals surface area contributed by atoms with Gasteiger partial charge in [-0.25, -0.2) is 0 Å². The summed E-state index contributed by atoms with van der Waals surface area (Å²) in [5, 5.41) is 10.1. The highest BCUT2D eigenvalue weighted by Crippen LogP contribution is 2.40. The Kier molecular flexibility index (Phi) is 6.53. The lowest BCUT2D eigenvalue weighted by atomic mass is 10.1. The molecule has 0 fully saturated rings. The summed E-state index contributed by atoms with van der Waals surface area (Å²) in [6.07, 6.45) is 0. The van der Waals surface area contributed by atoms with Crippen LogP contribution in [0, 0.1) is 0 Å². The van der Waals surface area contributed by atoms with Crippen molar-refractivity contribution in [1.82, 2.24) is 0 Å². The fraction of sp³-hybridized carbons (Fsp3) is 1.00. The summed E-state index contributed by atoms with van der Waals surface area (Å²) in [5.41, 5.74) is -0.613. The normalized spacial score (nSPS) is 17.7. The fourth-order valence-electron chi connectivity index (χ4n) is 1.43. The van der Waals surface area contributed by atoms with E-state index >= 15 is 0 Å². The van der Waals surface area contributed by atoms with Gasteiger partial charge in [0.2, 0.25) is 0 Å². The minimum Gasteiger partial charge on any atom is -0.414 e. The first-order valence-electron chi connectivity index (χ1n) is 7.92. The average molecular weight is 335 g/mol. The van der Waals surface area contributed by atoms with Crippen molar-refractivity contribution in [2.45, 2.75) is 90.3 Å². The van der Waals surface area contributed by atoms with E-state index in [0.717, 1.165) is 0 Å². The molecule has 0 bridgehead atoms. The van der Waals surface area contributed by atoms with E-state index in [-0.39, 0.29) is 16.7 Å². The van der Waals surface area contributed by atoms with Crippen LogP contribution >= 0.6 is 0 Å². The van der Waals surface area contributed by atoms with Crippen LogP contribution in [0.2, 0.25) is 36.3 Å². The van der Waals surface area contributed by atoms with E-state index in [4.69, 9.17) is 8.85 Å². The molecule has 21 heavy (non-hydrogen) atoms. The van der Waals surface area contributed by atoms with Crippen LogP contribution in [-0.4, -0.2) is 40.6 Å². The van der Waals surface area contributed by atoms with Gasteiger partial charge >= 0.3 is 0 Å². The molecule has 5 heteroatoms. The van der Waals surface area contributed by atoms with Crippen molar-refractivity contribution in [2.24, 2.45) is 0 Å². The average Bonchev–Trinajstić information content (AvgIpc) is 2.23. The third kappa shape index (κ3) is 5.79. The number of hydrogen-bond donors (Lipinski definition) is 1. The highest BCUT2D eigenvalue weighted by Gasteiger charge is 2.45. The van der Waals surface area contributed by atoms with Gasteiger partial charge in [0.1, 0.15) is 0 Å². The van der Waals surface area contributed by atoms with Gasteiger partial charge in [0, 0.05) is 0 Å². The van der Waals surface area contributed by atoms with Crippen LogP contribution < -0.4 is 0 Å². The van der Waals surface area contributed by atoms with Gasteiger partial charge in [-0.15, -0.1) is 0 Å². The Morgan fingerprint density at radius 1 is 0.762 bits per heavy atom. The molecule has 0 aromatic rings. The van der Waals surface area contributed by atoms with E-state index in [1.165, 1.54) is 0 Å². The van der Waals surface area contributed by atoms with Crippen LogP contribution in [0.25, 0.3) is 0 Å². The zero-order valence-electron chi connectivity index (χ0n) is 16.2. The molecule has 0 aliphatic heterocycles. The summed E-state index contributed by atoms with van der Waals surface area (Å²) < 4.78 is 12.7. The molecular weight excluding hydrogens is 296 g/mol. The molecule has 0 spiro atoms. The zero-order chi connectivity index (χ0) is 17.3. The van der Waals surface area contributed by atoms with Crippen LogP contribution in [0.15, 0.2) is 0 Å². The summed E-state index contributed by atoms with van der Waals surface area (Å²) in [6, 6.07) is 0. The van der Waals surface area contributed by atoms with Crippen molar-refractivity contribution in [3.05, 3.63) is 0 Å². The maximum atomic E-state index is 9.85. The van der Waals surface area contributed by atoms with Gasteiger partial charge in [0.15, 0.2) is 16.6 Å². The smallest absolute Gasteiger partial charge is 0.193 e. The molecule has 0 amide bonds. The lowest BCUT2D eigenvalue weighted by Gasteiger charge is -2.45. The van der Waals surface area contributed by atoms with Crippen LogP contribution in [0.3, 0.4) is 0 Å². The maximum Gasteiger partial charge on any atom is 0.193 e. The molecule has 0 aromatic carbocycles. The predicted molar refractivity (Wildman–Crippen MR) is 96.9 cm³/mol. The third-order valence-corrected chi connectivity index (χ3v) is 14.3. The Morgan fingerprint density at radius 3 is 1.43 bits per heavy atom. The van der Waals surface area contributed by atoms with E-state index in [1.54, 1.807) is 0 Å². The molecule has 0 unspecified atom stereocenters. The van der Waals surface area contributed by atoms with E-state index in [9.17, 15) is 5.11 Å². The molecule has 3 nitrogen and oxygen atoms in total. The first-order chi connectivity index (χ1) is 8.97. The van der Waals surface area contributed by atoms with Gasteiger partial charge in [0.25, 0.3) is 0 Å². The maximum absolute atomic E-state index is 9.85. The Labute approximate surface area is 134 Å². The molecule has 0 aliphatic rings. The number of aliphatic hydroxyl groups is 1. The van der Waals surface area contributed by atoms with E-state index in [1.807, 2.05) is 6.92 Å². The van der Waals surface area contributed by atoms with Crippen molar-refractivity contribution in [2.75, 3.05) is 13.2 Å². The summed E-state index contributed by atoms with van der Waals surface area (Å²) in [6.45, 7) is 24.7. The predicted octanol–water partition coefficient (Wildman–Crippen LogP) is 4.78. The van der Waals surface area contributed by atoms with E-state index in [0.29, 0.717) is 6.61 Å². The lowest BCUT2D eigenvalue weighted by molar-refractivity contribution is -0.0255. The zero-order valence-corrected chi connectivity index (χ0v) is 18.2. The van der Waals surface area contributed by atoms with Crippen molar-refractivity contribution in [3.63, 3.8) is 0 Å². The number of hydrogen-bond acceptors (Lipinski definition) is 3. The first-order valence-corrected chi connectivity index (χ1v) is 13.7. The highest BCUT2D eigenvalue weighted by molar-refractivity contribution is 6.74. The van der Waals surface area contributed by atoms with E-state index in [2.05, 4.69) is 67.7 Å². The molecule has 128 valence electrons. The second-order valence-electron chi connectivity index (χ2n) is 9.52. The van der Waals surface area contributed by atoms with Gasteiger partial charge in [-0.2, -0.15) is 0 Å². The van der Waals surface area contributed by atoms with Crippen LogP contribution in [0.5, 0.6) is 0 Å². The van der Waals surface area contributed by atoms with E-state index < -0.39 is 22.2 Å². The molecule has 0 heterocycles. The number of aliphatic hydroxyl groups excluding tert-OH is 1. The molecule has 0 aliphatic carbocycles.